The Morgan fingerprint density at radius 3 is 2.76 bits per heavy atom. The third-order valence-electron chi connectivity index (χ3n) is 5.02. The largest absolute Gasteiger partial charge is 0.495 e. The summed E-state index contributed by atoms with van der Waals surface area (Å²) < 4.78 is 11.0. The van der Waals surface area contributed by atoms with Crippen LogP contribution in [-0.2, 0) is 9.59 Å². The van der Waals surface area contributed by atoms with Crippen LogP contribution in [-0.4, -0.2) is 36.4 Å². The summed E-state index contributed by atoms with van der Waals surface area (Å²) in [6, 6.07) is 15.0. The minimum absolute atomic E-state index is 0.00816. The number of methoxy groups -OCH3 is 1. The van der Waals surface area contributed by atoms with Crippen molar-refractivity contribution in [3.05, 3.63) is 76.6 Å². The maximum Gasteiger partial charge on any atom is 0.329 e. The Morgan fingerprint density at radius 1 is 1.18 bits per heavy atom. The number of ether oxygens (including phenoxy) is 1. The van der Waals surface area contributed by atoms with Gasteiger partial charge in [-0.25, -0.2) is 9.69 Å². The van der Waals surface area contributed by atoms with Crippen molar-refractivity contribution in [3.63, 3.8) is 0 Å². The van der Waals surface area contributed by atoms with Crippen molar-refractivity contribution in [1.29, 1.82) is 0 Å². The van der Waals surface area contributed by atoms with Crippen LogP contribution in [0.4, 0.5) is 10.5 Å². The average Bonchev–Trinajstić information content (AvgIpc) is 3.36. The second-order valence-corrected chi connectivity index (χ2v) is 7.73. The fourth-order valence-electron chi connectivity index (χ4n) is 3.37. The van der Waals surface area contributed by atoms with Crippen molar-refractivity contribution in [2.75, 3.05) is 19.0 Å². The molecule has 4 amide bonds. The summed E-state index contributed by atoms with van der Waals surface area (Å²) in [6.07, 6.45) is 1.42. The molecule has 0 saturated carbocycles. The van der Waals surface area contributed by atoms with Crippen molar-refractivity contribution in [1.82, 2.24) is 10.2 Å². The molecule has 168 valence electrons. The van der Waals surface area contributed by atoms with Gasteiger partial charge in [0, 0.05) is 16.7 Å². The molecule has 0 aliphatic carbocycles. The second kappa shape index (κ2) is 9.22. The van der Waals surface area contributed by atoms with E-state index in [0.717, 1.165) is 16.0 Å². The summed E-state index contributed by atoms with van der Waals surface area (Å²) in [6.45, 7) is 1.48. The van der Waals surface area contributed by atoms with E-state index in [9.17, 15) is 14.4 Å². The molecule has 0 unspecified atom stereocenters. The summed E-state index contributed by atoms with van der Waals surface area (Å²) >= 11 is 6.08. The molecule has 1 saturated heterocycles. The number of urea groups is 1. The molecule has 33 heavy (non-hydrogen) atoms. The first-order valence-corrected chi connectivity index (χ1v) is 10.4. The van der Waals surface area contributed by atoms with E-state index >= 15 is 0 Å². The molecule has 4 rings (SSSR count). The standard InChI is InChI=1S/C24H20ClN3O5/c1-14-7-8-15(25)11-17(14)20-10-9-16(33-20)12-19-23(30)28(24(31)27-19)13-22(29)26-18-5-3-4-6-21(18)32-2/h3-12H,13H2,1-2H3,(H,26,29)(H,27,31)/b19-12+. The summed E-state index contributed by atoms with van der Waals surface area (Å²) in [7, 11) is 1.48. The van der Waals surface area contributed by atoms with Crippen molar-refractivity contribution in [2.45, 2.75) is 6.92 Å². The highest BCUT2D eigenvalue weighted by molar-refractivity contribution is 6.30. The van der Waals surface area contributed by atoms with Crippen LogP contribution in [0.1, 0.15) is 11.3 Å². The van der Waals surface area contributed by atoms with Crippen LogP contribution in [0.25, 0.3) is 17.4 Å². The van der Waals surface area contributed by atoms with Crippen LogP contribution in [0.5, 0.6) is 5.75 Å². The molecule has 0 radical (unpaired) electrons. The molecule has 2 N–H and O–H groups in total. The number of furan rings is 1. The number of halogens is 1. The highest BCUT2D eigenvalue weighted by atomic mass is 35.5. The molecule has 0 spiro atoms. The van der Waals surface area contributed by atoms with E-state index in [0.29, 0.717) is 28.0 Å². The molecular formula is C24H20ClN3O5. The van der Waals surface area contributed by atoms with E-state index in [1.807, 2.05) is 13.0 Å². The van der Waals surface area contributed by atoms with Gasteiger partial charge in [0.25, 0.3) is 5.91 Å². The third kappa shape index (κ3) is 4.75. The van der Waals surface area contributed by atoms with E-state index in [1.165, 1.54) is 13.2 Å². The highest BCUT2D eigenvalue weighted by Crippen LogP contribution is 2.29. The molecule has 0 atom stereocenters. The van der Waals surface area contributed by atoms with Gasteiger partial charge in [-0.05, 0) is 48.9 Å². The monoisotopic (exact) mass is 465 g/mol. The third-order valence-corrected chi connectivity index (χ3v) is 5.26. The van der Waals surface area contributed by atoms with Gasteiger partial charge in [-0.1, -0.05) is 29.8 Å². The Balaban J connectivity index is 1.47. The number of carbonyl (C=O) groups is 3. The maximum atomic E-state index is 12.7. The molecule has 3 aromatic rings. The number of hydrogen-bond acceptors (Lipinski definition) is 5. The van der Waals surface area contributed by atoms with Gasteiger partial charge in [-0.3, -0.25) is 9.59 Å². The first-order valence-electron chi connectivity index (χ1n) is 9.99. The summed E-state index contributed by atoms with van der Waals surface area (Å²) in [5.41, 5.74) is 2.25. The molecule has 9 heteroatoms. The Labute approximate surface area is 194 Å². The van der Waals surface area contributed by atoms with Gasteiger partial charge in [0.2, 0.25) is 5.91 Å². The van der Waals surface area contributed by atoms with Gasteiger partial charge in [-0.15, -0.1) is 0 Å². The molecule has 1 fully saturated rings. The molecule has 8 nitrogen and oxygen atoms in total. The first-order chi connectivity index (χ1) is 15.9. The maximum absolute atomic E-state index is 12.7. The first kappa shape index (κ1) is 22.2. The molecular weight excluding hydrogens is 446 g/mol. The zero-order valence-electron chi connectivity index (χ0n) is 17.8. The number of benzene rings is 2. The van der Waals surface area contributed by atoms with Crippen molar-refractivity contribution >= 4 is 41.2 Å². The van der Waals surface area contributed by atoms with Gasteiger partial charge < -0.3 is 19.8 Å². The molecule has 1 aliphatic rings. The predicted octanol–water partition coefficient (Wildman–Crippen LogP) is 4.45. The van der Waals surface area contributed by atoms with E-state index in [4.69, 9.17) is 20.8 Å². The summed E-state index contributed by atoms with van der Waals surface area (Å²) in [4.78, 5) is 38.3. The minimum Gasteiger partial charge on any atom is -0.495 e. The number of hydrogen-bond donors (Lipinski definition) is 2. The van der Waals surface area contributed by atoms with Gasteiger partial charge in [0.1, 0.15) is 29.5 Å². The quantitative estimate of drug-likeness (QED) is 0.414. The number of nitrogens with zero attached hydrogens (tertiary/aromatic N) is 1. The lowest BCUT2D eigenvalue weighted by Gasteiger charge is -2.13. The van der Waals surface area contributed by atoms with Crippen LogP contribution < -0.4 is 15.4 Å². The highest BCUT2D eigenvalue weighted by Gasteiger charge is 2.35. The van der Waals surface area contributed by atoms with Crippen molar-refractivity contribution in [2.24, 2.45) is 0 Å². The van der Waals surface area contributed by atoms with Crippen molar-refractivity contribution < 1.29 is 23.5 Å². The van der Waals surface area contributed by atoms with Crippen LogP contribution in [0.3, 0.4) is 0 Å². The molecule has 1 aromatic heterocycles. The van der Waals surface area contributed by atoms with E-state index in [-0.39, 0.29) is 5.70 Å². The Kier molecular flexibility index (Phi) is 6.19. The number of aryl methyl sites for hydroxylation is 1. The number of para-hydroxylation sites is 2. The van der Waals surface area contributed by atoms with E-state index < -0.39 is 24.4 Å². The van der Waals surface area contributed by atoms with Crippen LogP contribution in [0.2, 0.25) is 5.02 Å². The Morgan fingerprint density at radius 2 is 1.97 bits per heavy atom. The number of imide groups is 1. The topological polar surface area (TPSA) is 101 Å². The molecule has 0 bridgehead atoms. The van der Waals surface area contributed by atoms with Gasteiger partial charge >= 0.3 is 6.03 Å². The number of amides is 4. The van der Waals surface area contributed by atoms with E-state index in [2.05, 4.69) is 10.6 Å². The fourth-order valence-corrected chi connectivity index (χ4v) is 3.55. The second-order valence-electron chi connectivity index (χ2n) is 7.29. The zero-order valence-corrected chi connectivity index (χ0v) is 18.6. The number of anilines is 1. The average molecular weight is 466 g/mol. The van der Waals surface area contributed by atoms with Gasteiger partial charge in [-0.2, -0.15) is 0 Å². The van der Waals surface area contributed by atoms with Gasteiger partial charge in [0.05, 0.1) is 12.8 Å². The molecule has 2 aromatic carbocycles. The number of carbonyl (C=O) groups excluding carboxylic acids is 3. The summed E-state index contributed by atoms with van der Waals surface area (Å²) in [5, 5.41) is 5.69. The molecule has 1 aliphatic heterocycles. The Hall–Kier alpha value is -4.04. The lowest BCUT2D eigenvalue weighted by molar-refractivity contribution is -0.127. The predicted molar refractivity (Wildman–Crippen MR) is 124 cm³/mol. The van der Waals surface area contributed by atoms with Crippen LogP contribution >= 0.6 is 11.6 Å². The Bertz CT molecular complexity index is 1280. The normalized spacial score (nSPS) is 14.5. The van der Waals surface area contributed by atoms with Crippen LogP contribution in [0.15, 0.2) is 64.7 Å². The fraction of sp³-hybridized carbons (Fsp3) is 0.125. The zero-order chi connectivity index (χ0) is 23.5. The van der Waals surface area contributed by atoms with Crippen LogP contribution in [0, 0.1) is 6.92 Å². The van der Waals surface area contributed by atoms with E-state index in [1.54, 1.807) is 48.5 Å². The number of nitrogens with one attached hydrogen (secondary N) is 2. The summed E-state index contributed by atoms with van der Waals surface area (Å²) in [5.74, 6) is 0.236. The smallest absolute Gasteiger partial charge is 0.329 e. The SMILES string of the molecule is COc1ccccc1NC(=O)CN1C(=O)N/C(=C/c2ccc(-c3cc(Cl)ccc3C)o2)C1=O. The minimum atomic E-state index is -0.695. The van der Waals surface area contributed by atoms with Gasteiger partial charge in [0.15, 0.2) is 0 Å². The van der Waals surface area contributed by atoms with Crippen molar-refractivity contribution in [3.8, 4) is 17.1 Å². The number of rotatable bonds is 6. The molecule has 2 heterocycles. The lowest BCUT2D eigenvalue weighted by Crippen LogP contribution is -2.38. The lowest BCUT2D eigenvalue weighted by atomic mass is 10.1.